The van der Waals surface area contributed by atoms with Crippen LogP contribution in [0.1, 0.15) is 18.4 Å². The standard InChI is InChI=1S/C20H25N3O3/c24-20(7-4-12-26-18-5-2-1-3-6-18)22-16-17-8-9-19(21-15-17)23-10-13-25-14-11-23/h1-3,5-6,8-9,15H,4,7,10-14,16H2,(H,22,24). The van der Waals surface area contributed by atoms with Crippen LogP contribution in [0.4, 0.5) is 5.82 Å². The molecule has 26 heavy (non-hydrogen) atoms. The zero-order chi connectivity index (χ0) is 18.0. The predicted molar refractivity (Wildman–Crippen MR) is 100 cm³/mol. The zero-order valence-corrected chi connectivity index (χ0v) is 14.9. The lowest BCUT2D eigenvalue weighted by Crippen LogP contribution is -2.36. The number of hydrogen-bond acceptors (Lipinski definition) is 5. The summed E-state index contributed by atoms with van der Waals surface area (Å²) in [7, 11) is 0. The van der Waals surface area contributed by atoms with Crippen LogP contribution in [0.25, 0.3) is 0 Å². The summed E-state index contributed by atoms with van der Waals surface area (Å²) in [6.45, 7) is 4.26. The molecule has 138 valence electrons. The smallest absolute Gasteiger partial charge is 0.220 e. The Balaban J connectivity index is 1.33. The maximum absolute atomic E-state index is 11.9. The summed E-state index contributed by atoms with van der Waals surface area (Å²) in [5.74, 6) is 1.82. The van der Waals surface area contributed by atoms with Gasteiger partial charge in [-0.05, 0) is 30.2 Å². The van der Waals surface area contributed by atoms with E-state index in [0.717, 1.165) is 43.4 Å². The first-order valence-corrected chi connectivity index (χ1v) is 9.03. The van der Waals surface area contributed by atoms with Crippen LogP contribution in [0.2, 0.25) is 0 Å². The summed E-state index contributed by atoms with van der Waals surface area (Å²) in [6.07, 6.45) is 2.96. The molecule has 0 aliphatic carbocycles. The molecule has 6 nitrogen and oxygen atoms in total. The molecule has 0 saturated carbocycles. The topological polar surface area (TPSA) is 63.7 Å². The summed E-state index contributed by atoms with van der Waals surface area (Å²) >= 11 is 0. The van der Waals surface area contributed by atoms with E-state index in [-0.39, 0.29) is 5.91 Å². The van der Waals surface area contributed by atoms with Crippen molar-refractivity contribution in [3.8, 4) is 5.75 Å². The molecule has 1 aliphatic heterocycles. The van der Waals surface area contributed by atoms with E-state index in [4.69, 9.17) is 9.47 Å². The number of carbonyl (C=O) groups is 1. The summed E-state index contributed by atoms with van der Waals surface area (Å²) in [5.41, 5.74) is 0.996. The van der Waals surface area contributed by atoms with Gasteiger partial charge in [0.2, 0.25) is 5.91 Å². The Morgan fingerprint density at radius 3 is 2.69 bits per heavy atom. The van der Waals surface area contributed by atoms with E-state index in [9.17, 15) is 4.79 Å². The average Bonchev–Trinajstić information content (AvgIpc) is 2.71. The minimum atomic E-state index is 0.0268. The number of aromatic nitrogens is 1. The maximum Gasteiger partial charge on any atom is 0.220 e. The Hall–Kier alpha value is -2.60. The molecule has 1 N–H and O–H groups in total. The fourth-order valence-electron chi connectivity index (χ4n) is 2.73. The van der Waals surface area contributed by atoms with Crippen LogP contribution in [0.15, 0.2) is 48.7 Å². The number of hydrogen-bond donors (Lipinski definition) is 1. The first-order valence-electron chi connectivity index (χ1n) is 9.03. The largest absolute Gasteiger partial charge is 0.494 e. The molecule has 1 fully saturated rings. The van der Waals surface area contributed by atoms with E-state index in [0.29, 0.717) is 26.0 Å². The van der Waals surface area contributed by atoms with Gasteiger partial charge in [-0.25, -0.2) is 4.98 Å². The van der Waals surface area contributed by atoms with Crippen molar-refractivity contribution in [2.45, 2.75) is 19.4 Å². The van der Waals surface area contributed by atoms with Crippen molar-refractivity contribution in [2.24, 2.45) is 0 Å². The van der Waals surface area contributed by atoms with Gasteiger partial charge < -0.3 is 19.7 Å². The summed E-state index contributed by atoms with van der Waals surface area (Å²) in [4.78, 5) is 18.6. The summed E-state index contributed by atoms with van der Waals surface area (Å²) in [6, 6.07) is 13.6. The van der Waals surface area contributed by atoms with E-state index in [1.807, 2.05) is 48.7 Å². The molecule has 1 amide bonds. The Morgan fingerprint density at radius 2 is 1.96 bits per heavy atom. The highest BCUT2D eigenvalue weighted by molar-refractivity contribution is 5.75. The van der Waals surface area contributed by atoms with E-state index in [2.05, 4.69) is 15.2 Å². The molecule has 0 bridgehead atoms. The number of amides is 1. The second kappa shape index (κ2) is 9.77. The number of benzene rings is 1. The number of pyridine rings is 1. The molecule has 0 atom stereocenters. The second-order valence-electron chi connectivity index (χ2n) is 6.17. The maximum atomic E-state index is 11.9. The van der Waals surface area contributed by atoms with Crippen LogP contribution >= 0.6 is 0 Å². The number of nitrogens with zero attached hydrogens (tertiary/aromatic N) is 2. The number of rotatable bonds is 8. The Kier molecular flexibility index (Phi) is 6.84. The van der Waals surface area contributed by atoms with Gasteiger partial charge in [0.25, 0.3) is 0 Å². The molecular formula is C20H25N3O3. The van der Waals surface area contributed by atoms with Crippen LogP contribution in [-0.4, -0.2) is 43.8 Å². The Labute approximate surface area is 154 Å². The molecule has 0 unspecified atom stereocenters. The van der Waals surface area contributed by atoms with Gasteiger partial charge >= 0.3 is 0 Å². The van der Waals surface area contributed by atoms with E-state index >= 15 is 0 Å². The number of morpholine rings is 1. The lowest BCUT2D eigenvalue weighted by atomic mass is 10.2. The minimum Gasteiger partial charge on any atom is -0.494 e. The molecule has 1 aromatic heterocycles. The lowest BCUT2D eigenvalue weighted by Gasteiger charge is -2.27. The van der Waals surface area contributed by atoms with Crippen LogP contribution in [0.3, 0.4) is 0 Å². The van der Waals surface area contributed by atoms with Crippen molar-refractivity contribution >= 4 is 11.7 Å². The quantitative estimate of drug-likeness (QED) is 0.737. The molecule has 2 heterocycles. The van der Waals surface area contributed by atoms with E-state index < -0.39 is 0 Å². The van der Waals surface area contributed by atoms with Gasteiger partial charge in [-0.3, -0.25) is 4.79 Å². The average molecular weight is 355 g/mol. The molecule has 6 heteroatoms. The summed E-state index contributed by atoms with van der Waals surface area (Å²) in [5, 5.41) is 2.93. The molecule has 3 rings (SSSR count). The van der Waals surface area contributed by atoms with Gasteiger partial charge in [0.1, 0.15) is 11.6 Å². The normalized spacial score (nSPS) is 14.1. The molecule has 2 aromatic rings. The van der Waals surface area contributed by atoms with Gasteiger partial charge in [-0.1, -0.05) is 24.3 Å². The highest BCUT2D eigenvalue weighted by Gasteiger charge is 2.12. The van der Waals surface area contributed by atoms with Crippen LogP contribution < -0.4 is 15.0 Å². The molecule has 1 aliphatic rings. The molecule has 0 spiro atoms. The Bertz CT molecular complexity index is 670. The van der Waals surface area contributed by atoms with Crippen LogP contribution in [0, 0.1) is 0 Å². The monoisotopic (exact) mass is 355 g/mol. The SMILES string of the molecule is O=C(CCCOc1ccccc1)NCc1ccc(N2CCOCC2)nc1. The third-order valence-electron chi connectivity index (χ3n) is 4.19. The van der Waals surface area contributed by atoms with E-state index in [1.165, 1.54) is 0 Å². The fourth-order valence-corrected chi connectivity index (χ4v) is 2.73. The Morgan fingerprint density at radius 1 is 1.15 bits per heavy atom. The number of para-hydroxylation sites is 1. The van der Waals surface area contributed by atoms with Crippen molar-refractivity contribution in [3.05, 3.63) is 54.2 Å². The number of ether oxygens (including phenoxy) is 2. The first kappa shape index (κ1) is 18.2. The van der Waals surface area contributed by atoms with Gasteiger partial charge in [0, 0.05) is 32.3 Å². The second-order valence-corrected chi connectivity index (χ2v) is 6.17. The predicted octanol–water partition coefficient (Wildman–Crippen LogP) is 2.39. The highest BCUT2D eigenvalue weighted by Crippen LogP contribution is 2.13. The van der Waals surface area contributed by atoms with Gasteiger partial charge in [-0.15, -0.1) is 0 Å². The highest BCUT2D eigenvalue weighted by atomic mass is 16.5. The van der Waals surface area contributed by atoms with Crippen molar-refractivity contribution < 1.29 is 14.3 Å². The van der Waals surface area contributed by atoms with Crippen molar-refractivity contribution in [2.75, 3.05) is 37.8 Å². The molecule has 1 saturated heterocycles. The van der Waals surface area contributed by atoms with Crippen molar-refractivity contribution in [1.29, 1.82) is 0 Å². The number of carbonyl (C=O) groups excluding carboxylic acids is 1. The van der Waals surface area contributed by atoms with Crippen LogP contribution in [-0.2, 0) is 16.1 Å². The molecule has 1 aromatic carbocycles. The summed E-state index contributed by atoms with van der Waals surface area (Å²) < 4.78 is 10.9. The molecular weight excluding hydrogens is 330 g/mol. The van der Waals surface area contributed by atoms with Crippen molar-refractivity contribution in [1.82, 2.24) is 10.3 Å². The van der Waals surface area contributed by atoms with Crippen LogP contribution in [0.5, 0.6) is 5.75 Å². The van der Waals surface area contributed by atoms with Gasteiger partial charge in [0.05, 0.1) is 19.8 Å². The van der Waals surface area contributed by atoms with Gasteiger partial charge in [-0.2, -0.15) is 0 Å². The number of nitrogens with one attached hydrogen (secondary N) is 1. The van der Waals surface area contributed by atoms with Gasteiger partial charge in [0.15, 0.2) is 0 Å². The first-order chi connectivity index (χ1) is 12.8. The van der Waals surface area contributed by atoms with Crippen molar-refractivity contribution in [3.63, 3.8) is 0 Å². The van der Waals surface area contributed by atoms with E-state index in [1.54, 1.807) is 0 Å². The third-order valence-corrected chi connectivity index (χ3v) is 4.19. The zero-order valence-electron chi connectivity index (χ0n) is 14.9. The third kappa shape index (κ3) is 5.74. The minimum absolute atomic E-state index is 0.0268. The lowest BCUT2D eigenvalue weighted by molar-refractivity contribution is -0.121. The molecule has 0 radical (unpaired) electrons. The number of anilines is 1. The fraction of sp³-hybridized carbons (Fsp3) is 0.400.